The molecular weight excluding hydrogens is 217 g/mol. The normalized spacial score (nSPS) is 10.7. The van der Waals surface area contributed by atoms with Gasteiger partial charge in [-0.3, -0.25) is 0 Å². The molecule has 0 fully saturated rings. The molecule has 78 valence electrons. The monoisotopic (exact) mass is 231 g/mol. The zero-order valence-electron chi connectivity index (χ0n) is 8.72. The van der Waals surface area contributed by atoms with Crippen LogP contribution in [0.25, 0.3) is 0 Å². The molecule has 1 nitrogen and oxygen atoms in total. The number of halogens is 2. The van der Waals surface area contributed by atoms with Crippen LogP contribution in [0.2, 0.25) is 5.02 Å². The van der Waals surface area contributed by atoms with Gasteiger partial charge in [0.1, 0.15) is 0 Å². The number of alkyl halides is 1. The lowest BCUT2D eigenvalue weighted by atomic mass is 10.1. The molecule has 3 heteroatoms. The Morgan fingerprint density at radius 1 is 1.36 bits per heavy atom. The molecule has 0 aliphatic carbocycles. The van der Waals surface area contributed by atoms with Gasteiger partial charge in [-0.25, -0.2) is 0 Å². The summed E-state index contributed by atoms with van der Waals surface area (Å²) in [5, 5.41) is 0.741. The van der Waals surface area contributed by atoms with Gasteiger partial charge in [0, 0.05) is 29.4 Å². The smallest absolute Gasteiger partial charge is 0.0509 e. The minimum absolute atomic E-state index is 0.440. The average Bonchev–Trinajstić information content (AvgIpc) is 2.16. The first-order valence-corrected chi connectivity index (χ1v) is 5.55. The van der Waals surface area contributed by atoms with E-state index in [4.69, 9.17) is 23.2 Å². The summed E-state index contributed by atoms with van der Waals surface area (Å²) in [4.78, 5) is 2.17. The number of nitrogens with zero attached hydrogens (tertiary/aromatic N) is 1. The van der Waals surface area contributed by atoms with Gasteiger partial charge in [0.15, 0.2) is 0 Å². The number of rotatable bonds is 3. The minimum Gasteiger partial charge on any atom is -0.372 e. The molecule has 0 N–H and O–H groups in total. The molecule has 0 aliphatic heterocycles. The van der Waals surface area contributed by atoms with E-state index in [0.717, 1.165) is 16.3 Å². The standard InChI is InChI=1S/C11H15Cl2N/c1-8(2)14(3)11-6-4-5-10(13)9(11)7-12/h4-6,8H,7H2,1-3H3. The zero-order chi connectivity index (χ0) is 10.7. The van der Waals surface area contributed by atoms with Gasteiger partial charge >= 0.3 is 0 Å². The van der Waals surface area contributed by atoms with Gasteiger partial charge in [-0.15, -0.1) is 11.6 Å². The minimum atomic E-state index is 0.440. The molecule has 1 rings (SSSR count). The summed E-state index contributed by atoms with van der Waals surface area (Å²) in [5.74, 6) is 0.450. The van der Waals surface area contributed by atoms with E-state index in [1.165, 1.54) is 0 Å². The van der Waals surface area contributed by atoms with Crippen LogP contribution in [-0.4, -0.2) is 13.1 Å². The summed E-state index contributed by atoms with van der Waals surface area (Å²) in [6.07, 6.45) is 0. The van der Waals surface area contributed by atoms with Crippen molar-refractivity contribution in [1.82, 2.24) is 0 Å². The van der Waals surface area contributed by atoms with Crippen molar-refractivity contribution < 1.29 is 0 Å². The van der Waals surface area contributed by atoms with Crippen LogP contribution >= 0.6 is 23.2 Å². The molecule has 0 spiro atoms. The molecule has 0 bridgehead atoms. The SMILES string of the molecule is CC(C)N(C)c1cccc(Cl)c1CCl. The Labute approximate surface area is 95.6 Å². The fourth-order valence-electron chi connectivity index (χ4n) is 1.29. The van der Waals surface area contributed by atoms with Gasteiger partial charge in [0.2, 0.25) is 0 Å². The summed E-state index contributed by atoms with van der Waals surface area (Å²) in [7, 11) is 2.05. The highest BCUT2D eigenvalue weighted by molar-refractivity contribution is 6.32. The topological polar surface area (TPSA) is 3.24 Å². The highest BCUT2D eigenvalue weighted by Gasteiger charge is 2.11. The van der Waals surface area contributed by atoms with Crippen LogP contribution in [0.1, 0.15) is 19.4 Å². The number of anilines is 1. The lowest BCUT2D eigenvalue weighted by Crippen LogP contribution is -2.26. The van der Waals surface area contributed by atoms with E-state index in [1.807, 2.05) is 25.2 Å². The van der Waals surface area contributed by atoms with Crippen molar-refractivity contribution in [1.29, 1.82) is 0 Å². The molecule has 0 aromatic heterocycles. The van der Waals surface area contributed by atoms with Crippen LogP contribution in [0.5, 0.6) is 0 Å². The quantitative estimate of drug-likeness (QED) is 0.714. The average molecular weight is 232 g/mol. The van der Waals surface area contributed by atoms with Crippen molar-refractivity contribution in [2.75, 3.05) is 11.9 Å². The van der Waals surface area contributed by atoms with Crippen LogP contribution in [0.15, 0.2) is 18.2 Å². The van der Waals surface area contributed by atoms with E-state index in [1.54, 1.807) is 0 Å². The largest absolute Gasteiger partial charge is 0.372 e. The molecule has 14 heavy (non-hydrogen) atoms. The lowest BCUT2D eigenvalue weighted by Gasteiger charge is -2.26. The molecule has 1 aromatic rings. The maximum Gasteiger partial charge on any atom is 0.0509 e. The van der Waals surface area contributed by atoms with Crippen molar-refractivity contribution in [2.45, 2.75) is 25.8 Å². The Balaban J connectivity index is 3.13. The fourth-order valence-corrected chi connectivity index (χ4v) is 1.87. The van der Waals surface area contributed by atoms with Crippen molar-refractivity contribution in [3.8, 4) is 0 Å². The third-order valence-electron chi connectivity index (χ3n) is 2.38. The molecular formula is C11H15Cl2N. The molecule has 1 aromatic carbocycles. The van der Waals surface area contributed by atoms with Gasteiger partial charge < -0.3 is 4.90 Å². The van der Waals surface area contributed by atoms with Crippen molar-refractivity contribution in [2.24, 2.45) is 0 Å². The molecule has 0 unspecified atom stereocenters. The molecule has 0 amide bonds. The summed E-state index contributed by atoms with van der Waals surface area (Å²) >= 11 is 11.9. The zero-order valence-corrected chi connectivity index (χ0v) is 10.2. The van der Waals surface area contributed by atoms with Gasteiger partial charge in [-0.1, -0.05) is 17.7 Å². The Hall–Kier alpha value is -0.400. The van der Waals surface area contributed by atoms with Gasteiger partial charge in [-0.05, 0) is 26.0 Å². The molecule has 0 heterocycles. The van der Waals surface area contributed by atoms with Gasteiger partial charge in [0.05, 0.1) is 5.88 Å². The summed E-state index contributed by atoms with van der Waals surface area (Å²) in [5.41, 5.74) is 2.12. The Morgan fingerprint density at radius 3 is 2.50 bits per heavy atom. The van der Waals surface area contributed by atoms with Crippen molar-refractivity contribution in [3.63, 3.8) is 0 Å². The second kappa shape index (κ2) is 4.90. The number of hydrogen-bond donors (Lipinski definition) is 0. The maximum atomic E-state index is 6.07. The van der Waals surface area contributed by atoms with E-state index < -0.39 is 0 Å². The summed E-state index contributed by atoms with van der Waals surface area (Å²) < 4.78 is 0. The van der Waals surface area contributed by atoms with Crippen LogP contribution in [0.3, 0.4) is 0 Å². The molecule has 0 atom stereocenters. The first-order chi connectivity index (χ1) is 6.57. The highest BCUT2D eigenvalue weighted by Crippen LogP contribution is 2.29. The van der Waals surface area contributed by atoms with Crippen LogP contribution in [0.4, 0.5) is 5.69 Å². The predicted molar refractivity (Wildman–Crippen MR) is 64.5 cm³/mol. The Kier molecular flexibility index (Phi) is 4.09. The van der Waals surface area contributed by atoms with E-state index in [9.17, 15) is 0 Å². The lowest BCUT2D eigenvalue weighted by molar-refractivity contribution is 0.752. The molecule has 0 saturated heterocycles. The van der Waals surface area contributed by atoms with E-state index in [0.29, 0.717) is 11.9 Å². The fraction of sp³-hybridized carbons (Fsp3) is 0.455. The summed E-state index contributed by atoms with van der Waals surface area (Å²) in [6, 6.07) is 6.31. The second-order valence-electron chi connectivity index (χ2n) is 3.58. The predicted octanol–water partition coefficient (Wildman–Crippen LogP) is 3.92. The van der Waals surface area contributed by atoms with Gasteiger partial charge in [0.25, 0.3) is 0 Å². The molecule has 0 aliphatic rings. The van der Waals surface area contributed by atoms with E-state index in [-0.39, 0.29) is 0 Å². The number of hydrogen-bond acceptors (Lipinski definition) is 1. The summed E-state index contributed by atoms with van der Waals surface area (Å²) in [6.45, 7) is 4.28. The third-order valence-corrected chi connectivity index (χ3v) is 3.00. The molecule has 0 saturated carbocycles. The first kappa shape index (κ1) is 11.7. The third kappa shape index (κ3) is 2.34. The van der Waals surface area contributed by atoms with Crippen molar-refractivity contribution >= 4 is 28.9 Å². The highest BCUT2D eigenvalue weighted by atomic mass is 35.5. The maximum absolute atomic E-state index is 6.07. The number of benzene rings is 1. The van der Waals surface area contributed by atoms with Crippen molar-refractivity contribution in [3.05, 3.63) is 28.8 Å². The van der Waals surface area contributed by atoms with Gasteiger partial charge in [-0.2, -0.15) is 0 Å². The van der Waals surface area contributed by atoms with Crippen LogP contribution < -0.4 is 4.90 Å². The Bertz CT molecular complexity index is 310. The molecule has 0 radical (unpaired) electrons. The van der Waals surface area contributed by atoms with Crippen LogP contribution in [0, 0.1) is 0 Å². The van der Waals surface area contributed by atoms with Crippen LogP contribution in [-0.2, 0) is 5.88 Å². The van der Waals surface area contributed by atoms with E-state index >= 15 is 0 Å². The first-order valence-electron chi connectivity index (χ1n) is 4.64. The second-order valence-corrected chi connectivity index (χ2v) is 4.25. The van der Waals surface area contributed by atoms with E-state index in [2.05, 4.69) is 18.7 Å². The Morgan fingerprint density at radius 2 is 2.00 bits per heavy atom.